The maximum absolute atomic E-state index is 12.8. The van der Waals surface area contributed by atoms with Crippen LogP contribution in [0.15, 0.2) is 71.1 Å². The van der Waals surface area contributed by atoms with Crippen LogP contribution in [0.1, 0.15) is 28.2 Å². The Kier molecular flexibility index (Phi) is 5.74. The number of carbonyl (C=O) groups excluding carboxylic acids is 1. The molecule has 4 heteroatoms. The summed E-state index contributed by atoms with van der Waals surface area (Å²) in [7, 11) is 0. The van der Waals surface area contributed by atoms with E-state index in [2.05, 4.69) is 5.32 Å². The highest BCUT2D eigenvalue weighted by Crippen LogP contribution is 2.14. The lowest BCUT2D eigenvalue weighted by Crippen LogP contribution is -2.38. The minimum Gasteiger partial charge on any atom is -0.466 e. The lowest BCUT2D eigenvalue weighted by molar-refractivity contribution is 0.192. The molecular weight excluding hydrogens is 324 g/mol. The van der Waals surface area contributed by atoms with Crippen LogP contribution >= 0.6 is 0 Å². The van der Waals surface area contributed by atoms with Gasteiger partial charge in [0.2, 0.25) is 0 Å². The number of benzene rings is 2. The molecule has 0 fully saturated rings. The summed E-state index contributed by atoms with van der Waals surface area (Å²) in [6.45, 7) is 5.41. The van der Waals surface area contributed by atoms with E-state index in [1.54, 1.807) is 0 Å². The highest BCUT2D eigenvalue weighted by atomic mass is 16.3. The van der Waals surface area contributed by atoms with Gasteiger partial charge in [-0.25, -0.2) is 4.79 Å². The van der Waals surface area contributed by atoms with Gasteiger partial charge in [0.05, 0.1) is 0 Å². The van der Waals surface area contributed by atoms with Crippen LogP contribution in [0.2, 0.25) is 0 Å². The van der Waals surface area contributed by atoms with Gasteiger partial charge < -0.3 is 14.6 Å². The average Bonchev–Trinajstić information content (AvgIpc) is 2.98. The zero-order chi connectivity index (χ0) is 18.4. The fourth-order valence-corrected chi connectivity index (χ4v) is 2.95. The average molecular weight is 348 g/mol. The molecule has 134 valence electrons. The number of carbonyl (C=O) groups is 1. The topological polar surface area (TPSA) is 45.5 Å². The van der Waals surface area contributed by atoms with Gasteiger partial charge in [0.1, 0.15) is 11.5 Å². The maximum atomic E-state index is 12.8. The molecule has 26 heavy (non-hydrogen) atoms. The first kappa shape index (κ1) is 17.8. The quantitative estimate of drug-likeness (QED) is 0.695. The van der Waals surface area contributed by atoms with E-state index in [-0.39, 0.29) is 6.03 Å². The van der Waals surface area contributed by atoms with E-state index >= 15 is 0 Å². The molecule has 2 amide bonds. The molecule has 3 rings (SSSR count). The minimum atomic E-state index is -0.0871. The smallest absolute Gasteiger partial charge is 0.318 e. The predicted octanol–water partition coefficient (Wildman–Crippen LogP) is 4.81. The third kappa shape index (κ3) is 4.76. The minimum absolute atomic E-state index is 0.0871. The summed E-state index contributed by atoms with van der Waals surface area (Å²) in [5.74, 6) is 1.71. The first-order valence-electron chi connectivity index (χ1n) is 8.78. The Bertz CT molecular complexity index is 800. The number of nitrogens with zero attached hydrogens (tertiary/aromatic N) is 1. The summed E-state index contributed by atoms with van der Waals surface area (Å²) >= 11 is 0. The molecule has 1 N–H and O–H groups in total. The number of furan rings is 1. The summed E-state index contributed by atoms with van der Waals surface area (Å²) in [5.41, 5.74) is 3.22. The molecule has 0 saturated heterocycles. The van der Waals surface area contributed by atoms with Gasteiger partial charge in [-0.05, 0) is 31.0 Å². The normalized spacial score (nSPS) is 10.5. The second-order valence-corrected chi connectivity index (χ2v) is 6.42. The van der Waals surface area contributed by atoms with E-state index in [1.807, 2.05) is 85.5 Å². The van der Waals surface area contributed by atoms with Crippen molar-refractivity contribution in [1.29, 1.82) is 0 Å². The molecule has 0 aliphatic rings. The maximum Gasteiger partial charge on any atom is 0.318 e. The summed E-state index contributed by atoms with van der Waals surface area (Å²) in [5, 5.41) is 3.02. The summed E-state index contributed by atoms with van der Waals surface area (Å²) in [4.78, 5) is 14.7. The Morgan fingerprint density at radius 3 is 1.92 bits per heavy atom. The van der Waals surface area contributed by atoms with Crippen molar-refractivity contribution < 1.29 is 9.21 Å². The first-order valence-corrected chi connectivity index (χ1v) is 8.78. The van der Waals surface area contributed by atoms with Gasteiger partial charge in [-0.1, -0.05) is 60.7 Å². The van der Waals surface area contributed by atoms with E-state index in [0.717, 1.165) is 28.2 Å². The van der Waals surface area contributed by atoms with Gasteiger partial charge in [0.25, 0.3) is 0 Å². The Labute approximate surface area is 154 Å². The van der Waals surface area contributed by atoms with Gasteiger partial charge in [0, 0.05) is 25.2 Å². The molecule has 0 bridgehead atoms. The third-order valence-corrected chi connectivity index (χ3v) is 4.29. The predicted molar refractivity (Wildman–Crippen MR) is 103 cm³/mol. The van der Waals surface area contributed by atoms with Gasteiger partial charge in [0.15, 0.2) is 0 Å². The van der Waals surface area contributed by atoms with Crippen molar-refractivity contribution in [2.24, 2.45) is 0 Å². The van der Waals surface area contributed by atoms with E-state index in [1.165, 1.54) is 0 Å². The summed E-state index contributed by atoms with van der Waals surface area (Å²) in [6, 6.07) is 22.0. The molecule has 0 atom stereocenters. The van der Waals surface area contributed by atoms with E-state index in [9.17, 15) is 4.79 Å². The van der Waals surface area contributed by atoms with E-state index < -0.39 is 0 Å². The summed E-state index contributed by atoms with van der Waals surface area (Å²) in [6.07, 6.45) is 0. The molecule has 3 aromatic rings. The van der Waals surface area contributed by atoms with Crippen molar-refractivity contribution in [3.63, 3.8) is 0 Å². The second-order valence-electron chi connectivity index (χ2n) is 6.42. The molecule has 1 heterocycles. The lowest BCUT2D eigenvalue weighted by atomic mass is 10.2. The molecule has 0 unspecified atom stereocenters. The van der Waals surface area contributed by atoms with Crippen molar-refractivity contribution in [1.82, 2.24) is 10.2 Å². The van der Waals surface area contributed by atoms with Gasteiger partial charge in [-0.3, -0.25) is 0 Å². The van der Waals surface area contributed by atoms with Gasteiger partial charge in [-0.15, -0.1) is 0 Å². The molecule has 0 aliphatic carbocycles. The second kappa shape index (κ2) is 8.39. The molecule has 4 nitrogen and oxygen atoms in total. The standard InChI is InChI=1S/C22H24N2O2/c1-17-13-21(18(2)26-17)14-23-22(25)24(15-19-9-5-3-6-10-19)16-20-11-7-4-8-12-20/h3-13H,14-16H2,1-2H3,(H,23,25). The summed E-state index contributed by atoms with van der Waals surface area (Å²) < 4.78 is 5.53. The van der Waals surface area contributed by atoms with Crippen LogP contribution in [-0.4, -0.2) is 10.9 Å². The van der Waals surface area contributed by atoms with Crippen LogP contribution in [0.3, 0.4) is 0 Å². The van der Waals surface area contributed by atoms with Crippen molar-refractivity contribution in [2.45, 2.75) is 33.5 Å². The van der Waals surface area contributed by atoms with Crippen LogP contribution in [0, 0.1) is 13.8 Å². The highest BCUT2D eigenvalue weighted by molar-refractivity contribution is 5.74. The number of hydrogen-bond donors (Lipinski definition) is 1. The number of rotatable bonds is 6. The molecule has 0 spiro atoms. The molecule has 0 aliphatic heterocycles. The Morgan fingerprint density at radius 2 is 1.46 bits per heavy atom. The number of nitrogens with one attached hydrogen (secondary N) is 1. The number of hydrogen-bond acceptors (Lipinski definition) is 2. The molecule has 1 aromatic heterocycles. The van der Waals surface area contributed by atoms with Gasteiger partial charge >= 0.3 is 6.03 Å². The zero-order valence-electron chi connectivity index (χ0n) is 15.2. The van der Waals surface area contributed by atoms with Crippen molar-refractivity contribution in [2.75, 3.05) is 0 Å². The fraction of sp³-hybridized carbons (Fsp3) is 0.227. The Hall–Kier alpha value is -3.01. The Morgan fingerprint density at radius 1 is 0.923 bits per heavy atom. The van der Waals surface area contributed by atoms with Crippen LogP contribution < -0.4 is 5.32 Å². The van der Waals surface area contributed by atoms with E-state index in [4.69, 9.17) is 4.42 Å². The Balaban J connectivity index is 1.70. The third-order valence-electron chi connectivity index (χ3n) is 4.29. The highest BCUT2D eigenvalue weighted by Gasteiger charge is 2.15. The molecule has 0 radical (unpaired) electrons. The fourth-order valence-electron chi connectivity index (χ4n) is 2.95. The first-order chi connectivity index (χ1) is 12.6. The van der Waals surface area contributed by atoms with Crippen LogP contribution in [0.25, 0.3) is 0 Å². The van der Waals surface area contributed by atoms with Crippen LogP contribution in [0.5, 0.6) is 0 Å². The SMILES string of the molecule is Cc1cc(CNC(=O)N(Cc2ccccc2)Cc2ccccc2)c(C)o1. The van der Waals surface area contributed by atoms with Crippen molar-refractivity contribution in [3.05, 3.63) is 94.9 Å². The monoisotopic (exact) mass is 348 g/mol. The lowest BCUT2D eigenvalue weighted by Gasteiger charge is -2.23. The number of urea groups is 1. The zero-order valence-corrected chi connectivity index (χ0v) is 15.2. The molecule has 2 aromatic carbocycles. The van der Waals surface area contributed by atoms with Gasteiger partial charge in [-0.2, -0.15) is 0 Å². The van der Waals surface area contributed by atoms with E-state index in [0.29, 0.717) is 19.6 Å². The number of amides is 2. The largest absolute Gasteiger partial charge is 0.466 e. The molecular formula is C22H24N2O2. The number of aryl methyl sites for hydroxylation is 2. The molecule has 0 saturated carbocycles. The van der Waals surface area contributed by atoms with Crippen LogP contribution in [-0.2, 0) is 19.6 Å². The van der Waals surface area contributed by atoms with Crippen LogP contribution in [0.4, 0.5) is 4.79 Å². The van der Waals surface area contributed by atoms with Crippen molar-refractivity contribution >= 4 is 6.03 Å². The van der Waals surface area contributed by atoms with Crippen molar-refractivity contribution in [3.8, 4) is 0 Å².